The highest BCUT2D eigenvalue weighted by atomic mass is 16.5. The molecule has 0 bridgehead atoms. The lowest BCUT2D eigenvalue weighted by Crippen LogP contribution is -3.12. The Kier molecular flexibility index (Phi) is 5.68. The Morgan fingerprint density at radius 3 is 2.42 bits per heavy atom. The van der Waals surface area contributed by atoms with E-state index in [-0.39, 0.29) is 24.3 Å². The minimum Gasteiger partial charge on any atom is -0.494 e. The van der Waals surface area contributed by atoms with Gasteiger partial charge in [0, 0.05) is 5.56 Å². The lowest BCUT2D eigenvalue weighted by Gasteiger charge is -2.20. The van der Waals surface area contributed by atoms with Gasteiger partial charge in [-0.1, -0.05) is 37.3 Å². The molecule has 1 fully saturated rings. The SMILES string of the molecule is CCCOc1ccc(N2C(=O)C[C@H]([NH+](C)Cc3ccccc3)C2=O)cc1. The van der Waals surface area contributed by atoms with Crippen molar-refractivity contribution in [3.05, 3.63) is 60.2 Å². The van der Waals surface area contributed by atoms with Crippen LogP contribution in [0.4, 0.5) is 5.69 Å². The van der Waals surface area contributed by atoms with Crippen LogP contribution in [0.2, 0.25) is 0 Å². The van der Waals surface area contributed by atoms with Crippen molar-refractivity contribution < 1.29 is 19.2 Å². The van der Waals surface area contributed by atoms with E-state index >= 15 is 0 Å². The van der Waals surface area contributed by atoms with Crippen LogP contribution in [0.25, 0.3) is 0 Å². The zero-order valence-electron chi connectivity index (χ0n) is 15.3. The molecule has 2 aromatic carbocycles. The number of anilines is 1. The average Bonchev–Trinajstić information content (AvgIpc) is 2.96. The molecule has 0 aliphatic carbocycles. The number of carbonyl (C=O) groups excluding carboxylic acids is 2. The molecular formula is C21H25N2O3+. The summed E-state index contributed by atoms with van der Waals surface area (Å²) in [6, 6.07) is 16.8. The highest BCUT2D eigenvalue weighted by Crippen LogP contribution is 2.24. The van der Waals surface area contributed by atoms with E-state index in [1.54, 1.807) is 24.3 Å². The van der Waals surface area contributed by atoms with Gasteiger partial charge < -0.3 is 9.64 Å². The largest absolute Gasteiger partial charge is 0.494 e. The summed E-state index contributed by atoms with van der Waals surface area (Å²) < 4.78 is 5.56. The normalized spacial score (nSPS) is 18.2. The Morgan fingerprint density at radius 2 is 1.77 bits per heavy atom. The van der Waals surface area contributed by atoms with Crippen molar-refractivity contribution in [3.63, 3.8) is 0 Å². The predicted molar refractivity (Wildman–Crippen MR) is 100 cm³/mol. The zero-order chi connectivity index (χ0) is 18.5. The number of amides is 2. The summed E-state index contributed by atoms with van der Waals surface area (Å²) >= 11 is 0. The summed E-state index contributed by atoms with van der Waals surface area (Å²) in [6.45, 7) is 3.41. The molecule has 5 nitrogen and oxygen atoms in total. The molecule has 1 heterocycles. The summed E-state index contributed by atoms with van der Waals surface area (Å²) in [5, 5.41) is 0. The van der Waals surface area contributed by atoms with Gasteiger partial charge in [-0.3, -0.25) is 9.59 Å². The first kappa shape index (κ1) is 18.1. The van der Waals surface area contributed by atoms with Crippen LogP contribution in [-0.4, -0.2) is 31.5 Å². The Bertz CT molecular complexity index is 759. The Balaban J connectivity index is 1.70. The Labute approximate surface area is 154 Å². The van der Waals surface area contributed by atoms with E-state index in [4.69, 9.17) is 4.74 Å². The fraction of sp³-hybridized carbons (Fsp3) is 0.333. The summed E-state index contributed by atoms with van der Waals surface area (Å²) in [4.78, 5) is 27.7. The second-order valence-electron chi connectivity index (χ2n) is 6.68. The number of hydrogen-bond donors (Lipinski definition) is 1. The molecule has 0 saturated carbocycles. The van der Waals surface area contributed by atoms with Gasteiger partial charge in [0.2, 0.25) is 5.91 Å². The molecule has 0 radical (unpaired) electrons. The fourth-order valence-corrected chi connectivity index (χ4v) is 3.24. The molecule has 1 N–H and O–H groups in total. The highest BCUT2D eigenvalue weighted by molar-refractivity contribution is 6.21. The van der Waals surface area contributed by atoms with Gasteiger partial charge in [0.05, 0.1) is 25.8 Å². The quantitative estimate of drug-likeness (QED) is 0.773. The van der Waals surface area contributed by atoms with E-state index in [1.165, 1.54) is 4.90 Å². The van der Waals surface area contributed by atoms with Crippen LogP contribution in [-0.2, 0) is 16.1 Å². The smallest absolute Gasteiger partial charge is 0.292 e. The van der Waals surface area contributed by atoms with Crippen LogP contribution in [0.1, 0.15) is 25.3 Å². The van der Waals surface area contributed by atoms with Gasteiger partial charge in [0.25, 0.3) is 5.91 Å². The monoisotopic (exact) mass is 353 g/mol. The molecule has 5 heteroatoms. The van der Waals surface area contributed by atoms with Gasteiger partial charge in [-0.15, -0.1) is 0 Å². The molecule has 2 aromatic rings. The minimum atomic E-state index is -0.348. The molecule has 2 atom stereocenters. The third-order valence-electron chi connectivity index (χ3n) is 4.64. The van der Waals surface area contributed by atoms with Crippen LogP contribution in [0.5, 0.6) is 5.75 Å². The van der Waals surface area contributed by atoms with Gasteiger partial charge >= 0.3 is 0 Å². The number of likely N-dealkylation sites (N-methyl/N-ethyl adjacent to an activating group) is 1. The van der Waals surface area contributed by atoms with Gasteiger partial charge in [-0.2, -0.15) is 0 Å². The van der Waals surface area contributed by atoms with Crippen molar-refractivity contribution in [2.75, 3.05) is 18.6 Å². The fourth-order valence-electron chi connectivity index (χ4n) is 3.24. The van der Waals surface area contributed by atoms with Crippen LogP contribution < -0.4 is 14.5 Å². The van der Waals surface area contributed by atoms with E-state index in [2.05, 4.69) is 0 Å². The van der Waals surface area contributed by atoms with Crippen molar-refractivity contribution in [3.8, 4) is 5.75 Å². The molecule has 1 aliphatic rings. The lowest BCUT2D eigenvalue weighted by molar-refractivity contribution is -0.908. The molecule has 2 amide bonds. The number of rotatable bonds is 7. The molecule has 26 heavy (non-hydrogen) atoms. The first-order chi connectivity index (χ1) is 12.6. The molecule has 0 spiro atoms. The maximum Gasteiger partial charge on any atom is 0.292 e. The molecule has 3 rings (SSSR count). The summed E-state index contributed by atoms with van der Waals surface area (Å²) in [6.07, 6.45) is 1.18. The lowest BCUT2D eigenvalue weighted by atomic mass is 10.1. The molecular weight excluding hydrogens is 328 g/mol. The van der Waals surface area contributed by atoms with Crippen LogP contribution in [0.3, 0.4) is 0 Å². The number of benzene rings is 2. The maximum absolute atomic E-state index is 12.9. The summed E-state index contributed by atoms with van der Waals surface area (Å²) in [5.41, 5.74) is 1.76. The maximum atomic E-state index is 12.9. The van der Waals surface area contributed by atoms with E-state index in [0.29, 0.717) is 18.8 Å². The van der Waals surface area contributed by atoms with Crippen LogP contribution >= 0.6 is 0 Å². The Morgan fingerprint density at radius 1 is 1.08 bits per heavy atom. The number of nitrogens with one attached hydrogen (secondary N) is 1. The standard InChI is InChI=1S/C21H24N2O3/c1-3-13-26-18-11-9-17(10-12-18)23-20(24)14-19(21(23)25)22(2)15-16-7-5-4-6-8-16/h4-12,19H,3,13-15H2,1-2H3/p+1/t19-/m0/s1. The summed E-state index contributed by atoms with van der Waals surface area (Å²) in [5.74, 6) is 0.471. The Hall–Kier alpha value is -2.66. The molecule has 1 saturated heterocycles. The van der Waals surface area contributed by atoms with E-state index in [9.17, 15) is 9.59 Å². The van der Waals surface area contributed by atoms with Crippen molar-refractivity contribution in [1.82, 2.24) is 0 Å². The number of imide groups is 1. The van der Waals surface area contributed by atoms with Gasteiger partial charge in [-0.25, -0.2) is 4.90 Å². The van der Waals surface area contributed by atoms with Crippen molar-refractivity contribution in [1.29, 1.82) is 0 Å². The average molecular weight is 353 g/mol. The molecule has 1 aliphatic heterocycles. The number of quaternary nitrogens is 1. The second kappa shape index (κ2) is 8.15. The summed E-state index contributed by atoms with van der Waals surface area (Å²) in [7, 11) is 1.97. The minimum absolute atomic E-state index is 0.134. The van der Waals surface area contributed by atoms with Crippen molar-refractivity contribution in [2.45, 2.75) is 32.4 Å². The first-order valence-electron chi connectivity index (χ1n) is 9.06. The number of ether oxygens (including phenoxy) is 1. The second-order valence-corrected chi connectivity index (χ2v) is 6.68. The van der Waals surface area contributed by atoms with Crippen molar-refractivity contribution >= 4 is 17.5 Å². The predicted octanol–water partition coefficient (Wildman–Crippen LogP) is 1.82. The molecule has 1 unspecified atom stereocenters. The van der Waals surface area contributed by atoms with Gasteiger partial charge in [0.1, 0.15) is 12.3 Å². The third-order valence-corrected chi connectivity index (χ3v) is 4.64. The van der Waals surface area contributed by atoms with Gasteiger partial charge in [0.15, 0.2) is 6.04 Å². The van der Waals surface area contributed by atoms with E-state index in [1.807, 2.05) is 44.3 Å². The molecule has 0 aromatic heterocycles. The number of nitrogens with zero attached hydrogens (tertiary/aromatic N) is 1. The van der Waals surface area contributed by atoms with Crippen LogP contribution in [0.15, 0.2) is 54.6 Å². The number of carbonyl (C=O) groups is 2. The number of hydrogen-bond acceptors (Lipinski definition) is 3. The van der Waals surface area contributed by atoms with Crippen LogP contribution in [0, 0.1) is 0 Å². The van der Waals surface area contributed by atoms with E-state index in [0.717, 1.165) is 22.6 Å². The third kappa shape index (κ3) is 3.94. The van der Waals surface area contributed by atoms with Crippen molar-refractivity contribution in [2.24, 2.45) is 0 Å². The highest BCUT2D eigenvalue weighted by Gasteiger charge is 2.44. The zero-order valence-corrected chi connectivity index (χ0v) is 15.3. The van der Waals surface area contributed by atoms with Gasteiger partial charge in [-0.05, 0) is 30.7 Å². The first-order valence-corrected chi connectivity index (χ1v) is 9.06. The van der Waals surface area contributed by atoms with E-state index < -0.39 is 0 Å². The molecule has 136 valence electrons. The topological polar surface area (TPSA) is 51.0 Å².